The first-order valence-electron chi connectivity index (χ1n) is 6.95. The van der Waals surface area contributed by atoms with Crippen LogP contribution in [0.15, 0.2) is 86.1 Å². The highest BCUT2D eigenvalue weighted by molar-refractivity contribution is 6.01. The minimum atomic E-state index is -0.492. The van der Waals surface area contributed by atoms with E-state index in [1.54, 1.807) is 29.2 Å². The molecule has 0 amide bonds. The molecule has 22 heavy (non-hydrogen) atoms. The molecule has 0 N–H and O–H groups in total. The molecule has 0 saturated carbocycles. The third kappa shape index (κ3) is 4.66. The summed E-state index contributed by atoms with van der Waals surface area (Å²) in [5.41, 5.74) is 1.47. The molecule has 4 nitrogen and oxygen atoms in total. The van der Waals surface area contributed by atoms with Crippen molar-refractivity contribution in [3.63, 3.8) is 0 Å². The molecule has 0 aliphatic rings. The summed E-state index contributed by atoms with van der Waals surface area (Å²) in [5, 5.41) is 4.11. The lowest BCUT2D eigenvalue weighted by molar-refractivity contribution is -0.118. The monoisotopic (exact) mass is 295 g/mol. The van der Waals surface area contributed by atoms with Crippen molar-refractivity contribution in [1.82, 2.24) is 14.8 Å². The standard InChI is InChI=1S/C18H21N3O/c1-5-9-15(10-6-2)12-17(21-14-19-13-20-21)18(22)16(8-4)11-7-3/h5-11,13-14,17H,1,3-4,12H2,2H3/b10-6-,15-9+,16-11+. The van der Waals surface area contributed by atoms with Crippen molar-refractivity contribution in [1.29, 1.82) is 0 Å². The third-order valence-corrected chi connectivity index (χ3v) is 3.00. The number of hydrogen-bond acceptors (Lipinski definition) is 3. The van der Waals surface area contributed by atoms with Gasteiger partial charge in [0.25, 0.3) is 0 Å². The zero-order valence-corrected chi connectivity index (χ0v) is 12.9. The summed E-state index contributed by atoms with van der Waals surface area (Å²) in [4.78, 5) is 16.7. The molecular formula is C18H21N3O. The van der Waals surface area contributed by atoms with Gasteiger partial charge in [0.2, 0.25) is 0 Å². The first kappa shape index (κ1) is 17.3. The Morgan fingerprint density at radius 1 is 1.27 bits per heavy atom. The molecule has 1 aromatic heterocycles. The van der Waals surface area contributed by atoms with Crippen molar-refractivity contribution in [2.45, 2.75) is 19.4 Å². The molecule has 0 aliphatic carbocycles. The van der Waals surface area contributed by atoms with Gasteiger partial charge in [0, 0.05) is 12.0 Å². The van der Waals surface area contributed by atoms with Crippen molar-refractivity contribution in [2.24, 2.45) is 0 Å². The second-order valence-corrected chi connectivity index (χ2v) is 4.50. The highest BCUT2D eigenvalue weighted by Gasteiger charge is 2.23. The van der Waals surface area contributed by atoms with Crippen LogP contribution in [0, 0.1) is 0 Å². The predicted molar refractivity (Wildman–Crippen MR) is 90.3 cm³/mol. The molecule has 0 saturated heterocycles. The van der Waals surface area contributed by atoms with E-state index < -0.39 is 6.04 Å². The molecular weight excluding hydrogens is 274 g/mol. The molecule has 0 radical (unpaired) electrons. The Labute approximate surface area is 131 Å². The topological polar surface area (TPSA) is 47.8 Å². The molecule has 1 atom stereocenters. The Bertz CT molecular complexity index is 619. The zero-order chi connectivity index (χ0) is 16.4. The van der Waals surface area contributed by atoms with Gasteiger partial charge in [-0.05, 0) is 12.5 Å². The summed E-state index contributed by atoms with van der Waals surface area (Å²) in [6.45, 7) is 12.9. The van der Waals surface area contributed by atoms with E-state index in [0.717, 1.165) is 5.57 Å². The summed E-state index contributed by atoms with van der Waals surface area (Å²) in [5.74, 6) is -0.0835. The maximum atomic E-state index is 12.8. The van der Waals surface area contributed by atoms with Gasteiger partial charge in [-0.2, -0.15) is 5.10 Å². The van der Waals surface area contributed by atoms with Gasteiger partial charge in [-0.3, -0.25) is 4.79 Å². The Kier molecular flexibility index (Phi) is 7.26. The van der Waals surface area contributed by atoms with Crippen molar-refractivity contribution >= 4 is 5.78 Å². The molecule has 1 rings (SSSR count). The fourth-order valence-electron chi connectivity index (χ4n) is 2.04. The quantitative estimate of drug-likeness (QED) is 0.515. The first-order chi connectivity index (χ1) is 10.7. The highest BCUT2D eigenvalue weighted by atomic mass is 16.1. The fourth-order valence-corrected chi connectivity index (χ4v) is 2.04. The van der Waals surface area contributed by atoms with Gasteiger partial charge in [0.15, 0.2) is 5.78 Å². The summed E-state index contributed by atoms with van der Waals surface area (Å²) >= 11 is 0. The number of ketones is 1. The normalized spacial score (nSPS) is 13.9. The van der Waals surface area contributed by atoms with E-state index in [4.69, 9.17) is 0 Å². The second kappa shape index (κ2) is 9.23. The van der Waals surface area contributed by atoms with Gasteiger partial charge < -0.3 is 0 Å². The van der Waals surface area contributed by atoms with Crippen molar-refractivity contribution < 1.29 is 4.79 Å². The van der Waals surface area contributed by atoms with E-state index in [-0.39, 0.29) is 5.78 Å². The number of nitrogens with zero attached hydrogens (tertiary/aromatic N) is 3. The maximum absolute atomic E-state index is 12.8. The summed E-state index contributed by atoms with van der Waals surface area (Å²) < 4.78 is 1.56. The van der Waals surface area contributed by atoms with E-state index >= 15 is 0 Å². The Morgan fingerprint density at radius 2 is 2.00 bits per heavy atom. The SMILES string of the molecule is C=C/C=C(\C=C/C)CC(C(=O)/C(C=C)=C/C=C)n1cncn1. The summed E-state index contributed by atoms with van der Waals surface area (Å²) in [6.07, 6.45) is 15.6. The number of allylic oxidation sites excluding steroid dienone is 9. The average Bonchev–Trinajstić information content (AvgIpc) is 3.04. The Hall–Kier alpha value is -2.75. The zero-order valence-electron chi connectivity index (χ0n) is 12.9. The van der Waals surface area contributed by atoms with E-state index in [1.165, 1.54) is 12.4 Å². The van der Waals surface area contributed by atoms with E-state index in [9.17, 15) is 4.79 Å². The van der Waals surface area contributed by atoms with Gasteiger partial charge in [-0.25, -0.2) is 9.67 Å². The van der Waals surface area contributed by atoms with Gasteiger partial charge in [-0.15, -0.1) is 0 Å². The van der Waals surface area contributed by atoms with Crippen molar-refractivity contribution in [3.8, 4) is 0 Å². The highest BCUT2D eigenvalue weighted by Crippen LogP contribution is 2.22. The minimum Gasteiger partial charge on any atom is -0.292 e. The molecule has 0 aliphatic heterocycles. The smallest absolute Gasteiger partial charge is 0.187 e. The van der Waals surface area contributed by atoms with Gasteiger partial charge >= 0.3 is 0 Å². The minimum absolute atomic E-state index is 0.0835. The largest absolute Gasteiger partial charge is 0.292 e. The van der Waals surface area contributed by atoms with Gasteiger partial charge in [0.05, 0.1) is 0 Å². The van der Waals surface area contributed by atoms with Crippen LogP contribution in [-0.4, -0.2) is 20.5 Å². The van der Waals surface area contributed by atoms with Crippen LogP contribution in [0.25, 0.3) is 0 Å². The second-order valence-electron chi connectivity index (χ2n) is 4.50. The lowest BCUT2D eigenvalue weighted by atomic mass is 9.96. The summed E-state index contributed by atoms with van der Waals surface area (Å²) in [6, 6.07) is -0.492. The molecule has 4 heteroatoms. The van der Waals surface area contributed by atoms with Crippen LogP contribution in [0.1, 0.15) is 19.4 Å². The average molecular weight is 295 g/mol. The molecule has 0 spiro atoms. The number of hydrogen-bond donors (Lipinski definition) is 0. The van der Waals surface area contributed by atoms with Crippen LogP contribution < -0.4 is 0 Å². The van der Waals surface area contributed by atoms with Crippen molar-refractivity contribution in [3.05, 3.63) is 86.1 Å². The predicted octanol–water partition coefficient (Wildman–Crippen LogP) is 3.77. The van der Waals surface area contributed by atoms with Gasteiger partial charge in [-0.1, -0.05) is 62.3 Å². The van der Waals surface area contributed by atoms with E-state index in [0.29, 0.717) is 12.0 Å². The first-order valence-corrected chi connectivity index (χ1v) is 6.95. The lowest BCUT2D eigenvalue weighted by Gasteiger charge is -2.17. The van der Waals surface area contributed by atoms with Crippen LogP contribution in [0.2, 0.25) is 0 Å². The fraction of sp³-hybridized carbons (Fsp3) is 0.167. The van der Waals surface area contributed by atoms with Crippen LogP contribution in [0.3, 0.4) is 0 Å². The molecule has 114 valence electrons. The number of Topliss-reactive ketones (excluding diaryl/α,β-unsaturated/α-hetero) is 1. The Balaban J connectivity index is 3.20. The third-order valence-electron chi connectivity index (χ3n) is 3.00. The maximum Gasteiger partial charge on any atom is 0.187 e. The molecule has 0 aromatic carbocycles. The van der Waals surface area contributed by atoms with Crippen LogP contribution >= 0.6 is 0 Å². The number of rotatable bonds is 9. The summed E-state index contributed by atoms with van der Waals surface area (Å²) in [7, 11) is 0. The van der Waals surface area contributed by atoms with Crippen LogP contribution in [0.4, 0.5) is 0 Å². The molecule has 0 fully saturated rings. The number of carbonyl (C=O) groups is 1. The van der Waals surface area contributed by atoms with Crippen LogP contribution in [-0.2, 0) is 4.79 Å². The molecule has 1 heterocycles. The molecule has 1 unspecified atom stereocenters. The molecule has 1 aromatic rings. The lowest BCUT2D eigenvalue weighted by Crippen LogP contribution is -2.22. The van der Waals surface area contributed by atoms with E-state index in [1.807, 2.05) is 25.2 Å². The van der Waals surface area contributed by atoms with Crippen molar-refractivity contribution in [2.75, 3.05) is 0 Å². The number of aromatic nitrogens is 3. The Morgan fingerprint density at radius 3 is 2.50 bits per heavy atom. The van der Waals surface area contributed by atoms with Crippen LogP contribution in [0.5, 0.6) is 0 Å². The number of carbonyl (C=O) groups excluding carboxylic acids is 1. The van der Waals surface area contributed by atoms with Gasteiger partial charge in [0.1, 0.15) is 18.7 Å². The molecule has 0 bridgehead atoms. The van der Waals surface area contributed by atoms with E-state index in [2.05, 4.69) is 29.8 Å².